The molecule has 0 unspecified atom stereocenters. The quantitative estimate of drug-likeness (QED) is 0.651. The maximum Gasteiger partial charge on any atom is 0.329 e. The van der Waals surface area contributed by atoms with Crippen molar-refractivity contribution in [2.45, 2.75) is 18.9 Å². The minimum absolute atomic E-state index is 0.0318. The Hall–Kier alpha value is -2.42. The second-order valence-corrected chi connectivity index (χ2v) is 4.01. The summed E-state index contributed by atoms with van der Waals surface area (Å²) in [6, 6.07) is 1.81. The molecule has 1 aromatic rings. The van der Waals surface area contributed by atoms with E-state index in [1.54, 1.807) is 0 Å². The highest BCUT2D eigenvalue weighted by Crippen LogP contribution is 2.08. The van der Waals surface area contributed by atoms with Crippen LogP contribution in [0.4, 0.5) is 8.78 Å². The molecular formula is C14H13F2NO3. The molecule has 0 saturated carbocycles. The lowest BCUT2D eigenvalue weighted by molar-refractivity contribution is -0.144. The van der Waals surface area contributed by atoms with Crippen LogP contribution in [0.15, 0.2) is 18.2 Å². The summed E-state index contributed by atoms with van der Waals surface area (Å²) < 4.78 is 30.4. The van der Waals surface area contributed by atoms with Crippen LogP contribution in [0, 0.1) is 24.0 Å². The second kappa shape index (κ2) is 7.24. The van der Waals surface area contributed by atoms with Gasteiger partial charge in [-0.05, 0) is 17.7 Å². The number of ether oxygens (including phenoxy) is 1. The molecule has 0 aliphatic heterocycles. The van der Waals surface area contributed by atoms with E-state index in [-0.39, 0.29) is 18.4 Å². The molecule has 1 aromatic carbocycles. The molecule has 106 valence electrons. The summed E-state index contributed by atoms with van der Waals surface area (Å²) in [7, 11) is 1.17. The normalized spacial score (nSPS) is 11.3. The first-order valence-corrected chi connectivity index (χ1v) is 5.72. The fraction of sp³-hybridized carbons (Fsp3) is 0.286. The first-order valence-electron chi connectivity index (χ1n) is 5.72. The van der Waals surface area contributed by atoms with E-state index in [9.17, 15) is 18.4 Å². The molecule has 0 radical (unpaired) electrons. The summed E-state index contributed by atoms with van der Waals surface area (Å²) in [5.41, 5.74) is 0.157. The fourth-order valence-corrected chi connectivity index (χ4v) is 1.60. The molecule has 0 aliphatic rings. The van der Waals surface area contributed by atoms with Crippen molar-refractivity contribution in [2.75, 3.05) is 7.11 Å². The van der Waals surface area contributed by atoms with Crippen LogP contribution in [0.1, 0.15) is 12.0 Å². The number of terminal acetylenes is 1. The minimum atomic E-state index is -0.976. The maximum atomic E-state index is 13.0. The maximum absolute atomic E-state index is 13.0. The predicted octanol–water partition coefficient (Wildman–Crippen LogP) is 1.19. The lowest BCUT2D eigenvalue weighted by Crippen LogP contribution is -2.42. The summed E-state index contributed by atoms with van der Waals surface area (Å²) in [5.74, 6) is -0.581. The van der Waals surface area contributed by atoms with E-state index < -0.39 is 29.6 Å². The van der Waals surface area contributed by atoms with Gasteiger partial charge >= 0.3 is 5.97 Å². The van der Waals surface area contributed by atoms with Crippen molar-refractivity contribution in [1.82, 2.24) is 5.32 Å². The SMILES string of the molecule is C#CC[C@H](NC(=O)Cc1cc(F)cc(F)c1)C(=O)OC. The molecule has 1 N–H and O–H groups in total. The third kappa shape index (κ3) is 4.69. The summed E-state index contributed by atoms with van der Waals surface area (Å²) in [5, 5.41) is 2.36. The Balaban J connectivity index is 2.70. The number of benzene rings is 1. The van der Waals surface area contributed by atoms with Gasteiger partial charge in [0.05, 0.1) is 13.5 Å². The first kappa shape index (κ1) is 15.6. The van der Waals surface area contributed by atoms with E-state index in [4.69, 9.17) is 6.42 Å². The zero-order valence-corrected chi connectivity index (χ0v) is 10.8. The first-order chi connectivity index (χ1) is 9.46. The van der Waals surface area contributed by atoms with Gasteiger partial charge in [-0.1, -0.05) is 0 Å². The third-order valence-corrected chi connectivity index (χ3v) is 2.43. The highest BCUT2D eigenvalue weighted by atomic mass is 19.1. The molecule has 6 heteroatoms. The van der Waals surface area contributed by atoms with E-state index in [0.29, 0.717) is 6.07 Å². The largest absolute Gasteiger partial charge is 0.467 e. The van der Waals surface area contributed by atoms with Gasteiger partial charge < -0.3 is 10.1 Å². The van der Waals surface area contributed by atoms with Crippen molar-refractivity contribution < 1.29 is 23.1 Å². The molecule has 1 rings (SSSR count). The minimum Gasteiger partial charge on any atom is -0.467 e. The number of amides is 1. The van der Waals surface area contributed by atoms with Gasteiger partial charge in [-0.3, -0.25) is 4.79 Å². The van der Waals surface area contributed by atoms with Crippen LogP contribution in [0.25, 0.3) is 0 Å². The number of hydrogen-bond acceptors (Lipinski definition) is 3. The summed E-state index contributed by atoms with van der Waals surface area (Å²) >= 11 is 0. The van der Waals surface area contributed by atoms with Crippen molar-refractivity contribution in [3.63, 3.8) is 0 Å². The summed E-state index contributed by atoms with van der Waals surface area (Å²) in [6.45, 7) is 0. The number of nitrogens with one attached hydrogen (secondary N) is 1. The van der Waals surface area contributed by atoms with Gasteiger partial charge in [0, 0.05) is 12.5 Å². The molecule has 0 spiro atoms. The van der Waals surface area contributed by atoms with Gasteiger partial charge in [0.2, 0.25) is 5.91 Å². The number of esters is 1. The highest BCUT2D eigenvalue weighted by Gasteiger charge is 2.20. The number of hydrogen-bond donors (Lipinski definition) is 1. The number of carbonyl (C=O) groups excluding carboxylic acids is 2. The molecule has 4 nitrogen and oxygen atoms in total. The van der Waals surface area contributed by atoms with Crippen molar-refractivity contribution in [2.24, 2.45) is 0 Å². The Morgan fingerprint density at radius 1 is 1.35 bits per heavy atom. The lowest BCUT2D eigenvalue weighted by atomic mass is 10.1. The van der Waals surface area contributed by atoms with Crippen LogP contribution >= 0.6 is 0 Å². The molecule has 0 heterocycles. The van der Waals surface area contributed by atoms with Gasteiger partial charge in [-0.2, -0.15) is 0 Å². The molecule has 0 bridgehead atoms. The Labute approximate surface area is 115 Å². The van der Waals surface area contributed by atoms with Gasteiger partial charge in [-0.25, -0.2) is 13.6 Å². The molecule has 1 atom stereocenters. The summed E-state index contributed by atoms with van der Waals surface area (Å²) in [4.78, 5) is 23.1. The molecule has 0 aromatic heterocycles. The van der Waals surface area contributed by atoms with Crippen LogP contribution in [0.5, 0.6) is 0 Å². The molecule has 0 fully saturated rings. The topological polar surface area (TPSA) is 55.4 Å². The van der Waals surface area contributed by atoms with E-state index in [1.165, 1.54) is 7.11 Å². The van der Waals surface area contributed by atoms with Crippen molar-refractivity contribution >= 4 is 11.9 Å². The van der Waals surface area contributed by atoms with Crippen LogP contribution in [-0.4, -0.2) is 25.0 Å². The van der Waals surface area contributed by atoms with Crippen molar-refractivity contribution in [1.29, 1.82) is 0 Å². The Kier molecular flexibility index (Phi) is 5.66. The van der Waals surface area contributed by atoms with Gasteiger partial charge in [0.1, 0.15) is 17.7 Å². The number of methoxy groups -OCH3 is 1. The lowest BCUT2D eigenvalue weighted by Gasteiger charge is -2.14. The molecular weight excluding hydrogens is 268 g/mol. The van der Waals surface area contributed by atoms with Crippen LogP contribution in [0.2, 0.25) is 0 Å². The highest BCUT2D eigenvalue weighted by molar-refractivity contribution is 5.85. The third-order valence-electron chi connectivity index (χ3n) is 2.43. The number of halogens is 2. The van der Waals surface area contributed by atoms with Gasteiger partial charge in [-0.15, -0.1) is 12.3 Å². The van der Waals surface area contributed by atoms with Crippen LogP contribution in [-0.2, 0) is 20.7 Å². The summed E-state index contributed by atoms with van der Waals surface area (Å²) in [6.07, 6.45) is 4.78. The van der Waals surface area contributed by atoms with Gasteiger partial charge in [0.15, 0.2) is 0 Å². The fourth-order valence-electron chi connectivity index (χ4n) is 1.60. The Morgan fingerprint density at radius 2 is 1.95 bits per heavy atom. The number of rotatable bonds is 5. The zero-order chi connectivity index (χ0) is 15.1. The van der Waals surface area contributed by atoms with Crippen molar-refractivity contribution in [3.8, 4) is 12.3 Å². The number of carbonyl (C=O) groups is 2. The average molecular weight is 281 g/mol. The van der Waals surface area contributed by atoms with E-state index >= 15 is 0 Å². The molecule has 0 saturated heterocycles. The molecule has 0 aliphatic carbocycles. The standard InChI is InChI=1S/C14H13F2NO3/c1-3-4-12(14(19)20-2)17-13(18)7-9-5-10(15)8-11(16)6-9/h1,5-6,8,12H,4,7H2,2H3,(H,17,18)/t12-/m0/s1. The van der Waals surface area contributed by atoms with E-state index in [0.717, 1.165) is 12.1 Å². The van der Waals surface area contributed by atoms with Gasteiger partial charge in [0.25, 0.3) is 0 Å². The van der Waals surface area contributed by atoms with Crippen LogP contribution in [0.3, 0.4) is 0 Å². The average Bonchev–Trinajstić information content (AvgIpc) is 2.35. The van der Waals surface area contributed by atoms with Crippen molar-refractivity contribution in [3.05, 3.63) is 35.4 Å². The Morgan fingerprint density at radius 3 is 2.45 bits per heavy atom. The smallest absolute Gasteiger partial charge is 0.329 e. The van der Waals surface area contributed by atoms with Crippen LogP contribution < -0.4 is 5.32 Å². The molecule has 20 heavy (non-hydrogen) atoms. The zero-order valence-electron chi connectivity index (χ0n) is 10.8. The van der Waals surface area contributed by atoms with E-state index in [2.05, 4.69) is 16.0 Å². The second-order valence-electron chi connectivity index (χ2n) is 4.01. The Bertz CT molecular complexity index is 532. The monoisotopic (exact) mass is 281 g/mol. The van der Waals surface area contributed by atoms with E-state index in [1.807, 2.05) is 0 Å². The molecule has 1 amide bonds. The predicted molar refractivity (Wildman–Crippen MR) is 67.5 cm³/mol.